The van der Waals surface area contributed by atoms with Gasteiger partial charge in [-0.2, -0.15) is 0 Å². The van der Waals surface area contributed by atoms with Gasteiger partial charge in [0.2, 0.25) is 0 Å². The van der Waals surface area contributed by atoms with Crippen molar-refractivity contribution in [3.05, 3.63) is 28.8 Å². The van der Waals surface area contributed by atoms with Crippen molar-refractivity contribution in [2.24, 2.45) is 5.73 Å². The van der Waals surface area contributed by atoms with E-state index in [4.69, 9.17) is 22.1 Å². The highest BCUT2D eigenvalue weighted by molar-refractivity contribution is 6.32. The maximum Gasteiger partial charge on any atom is 0.138 e. The Kier molecular flexibility index (Phi) is 4.23. The van der Waals surface area contributed by atoms with Crippen LogP contribution in [-0.4, -0.2) is 12.6 Å². The monoisotopic (exact) mass is 293 g/mol. The van der Waals surface area contributed by atoms with Gasteiger partial charge in [-0.25, -0.2) is 0 Å². The second-order valence-electron chi connectivity index (χ2n) is 6.36. The first-order valence-electron chi connectivity index (χ1n) is 7.90. The standard InChI is InChI=1S/C17H24ClNO/c18-15-11-13(17(12-19)9-2-1-3-10-17)7-8-16(15)20-14-5-4-6-14/h7-8,11,14H,1-6,9-10,12,19H2. The van der Waals surface area contributed by atoms with Gasteiger partial charge in [0.1, 0.15) is 5.75 Å². The number of nitrogens with two attached hydrogens (primary N) is 1. The summed E-state index contributed by atoms with van der Waals surface area (Å²) >= 11 is 6.43. The van der Waals surface area contributed by atoms with Gasteiger partial charge in [-0.05, 0) is 49.8 Å². The van der Waals surface area contributed by atoms with Crippen LogP contribution in [0, 0.1) is 0 Å². The fourth-order valence-electron chi connectivity index (χ4n) is 3.43. The van der Waals surface area contributed by atoms with E-state index in [1.54, 1.807) is 0 Å². The van der Waals surface area contributed by atoms with Gasteiger partial charge in [0, 0.05) is 12.0 Å². The summed E-state index contributed by atoms with van der Waals surface area (Å²) in [6.45, 7) is 0.714. The molecule has 0 heterocycles. The Bertz CT molecular complexity index is 464. The summed E-state index contributed by atoms with van der Waals surface area (Å²) in [5.74, 6) is 0.836. The number of hydrogen-bond acceptors (Lipinski definition) is 2. The first-order valence-corrected chi connectivity index (χ1v) is 8.28. The molecule has 3 rings (SSSR count). The van der Waals surface area contributed by atoms with E-state index < -0.39 is 0 Å². The minimum absolute atomic E-state index is 0.136. The predicted molar refractivity (Wildman–Crippen MR) is 83.5 cm³/mol. The van der Waals surface area contributed by atoms with Crippen molar-refractivity contribution in [1.29, 1.82) is 0 Å². The summed E-state index contributed by atoms with van der Waals surface area (Å²) in [4.78, 5) is 0. The zero-order valence-corrected chi connectivity index (χ0v) is 12.8. The number of ether oxygens (including phenoxy) is 1. The molecule has 110 valence electrons. The predicted octanol–water partition coefficient (Wildman–Crippen LogP) is 4.43. The fourth-order valence-corrected chi connectivity index (χ4v) is 3.66. The first kappa shape index (κ1) is 14.2. The lowest BCUT2D eigenvalue weighted by atomic mass is 9.69. The van der Waals surface area contributed by atoms with Crippen LogP contribution >= 0.6 is 11.6 Å². The van der Waals surface area contributed by atoms with Gasteiger partial charge in [0.25, 0.3) is 0 Å². The second-order valence-corrected chi connectivity index (χ2v) is 6.77. The zero-order valence-electron chi connectivity index (χ0n) is 12.0. The third kappa shape index (κ3) is 2.68. The van der Waals surface area contributed by atoms with E-state index in [2.05, 4.69) is 12.1 Å². The molecular weight excluding hydrogens is 270 g/mol. The van der Waals surface area contributed by atoms with E-state index >= 15 is 0 Å². The molecule has 2 N–H and O–H groups in total. The normalized spacial score (nSPS) is 22.3. The maximum absolute atomic E-state index is 6.43. The fraction of sp³-hybridized carbons (Fsp3) is 0.647. The van der Waals surface area contributed by atoms with Crippen molar-refractivity contribution >= 4 is 11.6 Å². The van der Waals surface area contributed by atoms with Gasteiger partial charge in [-0.1, -0.05) is 36.9 Å². The Morgan fingerprint density at radius 3 is 2.45 bits per heavy atom. The van der Waals surface area contributed by atoms with Crippen LogP contribution in [0.25, 0.3) is 0 Å². The molecule has 20 heavy (non-hydrogen) atoms. The Labute approximate surface area is 126 Å². The lowest BCUT2D eigenvalue weighted by Gasteiger charge is -2.37. The Morgan fingerprint density at radius 1 is 1.15 bits per heavy atom. The SMILES string of the molecule is NCC1(c2ccc(OC3CCC3)c(Cl)c2)CCCCC1. The Morgan fingerprint density at radius 2 is 1.90 bits per heavy atom. The summed E-state index contributed by atoms with van der Waals surface area (Å²) in [6.07, 6.45) is 10.2. The molecule has 0 spiro atoms. The minimum Gasteiger partial charge on any atom is -0.489 e. The van der Waals surface area contributed by atoms with Crippen LogP contribution in [0.2, 0.25) is 5.02 Å². The van der Waals surface area contributed by atoms with E-state index in [0.29, 0.717) is 12.6 Å². The molecule has 3 heteroatoms. The maximum atomic E-state index is 6.43. The second kappa shape index (κ2) is 5.95. The van der Waals surface area contributed by atoms with E-state index in [1.165, 1.54) is 44.1 Å². The van der Waals surface area contributed by atoms with Gasteiger partial charge in [0.15, 0.2) is 0 Å². The largest absolute Gasteiger partial charge is 0.489 e. The van der Waals surface area contributed by atoms with Crippen molar-refractivity contribution < 1.29 is 4.74 Å². The molecule has 1 aromatic rings. The minimum atomic E-state index is 0.136. The number of rotatable bonds is 4. The molecule has 0 aromatic heterocycles. The third-order valence-electron chi connectivity index (χ3n) is 5.09. The summed E-state index contributed by atoms with van der Waals surface area (Å²) in [5, 5.41) is 0.743. The van der Waals surface area contributed by atoms with Gasteiger partial charge in [0.05, 0.1) is 11.1 Å². The molecule has 0 bridgehead atoms. The molecule has 2 aliphatic carbocycles. The van der Waals surface area contributed by atoms with Crippen molar-refractivity contribution in [2.45, 2.75) is 62.9 Å². The summed E-state index contributed by atoms with van der Waals surface area (Å²) < 4.78 is 5.93. The molecule has 0 unspecified atom stereocenters. The molecule has 2 nitrogen and oxygen atoms in total. The topological polar surface area (TPSA) is 35.2 Å². The van der Waals surface area contributed by atoms with Crippen LogP contribution in [0.3, 0.4) is 0 Å². The molecule has 1 aromatic carbocycles. The van der Waals surface area contributed by atoms with Crippen molar-refractivity contribution in [3.8, 4) is 5.75 Å². The lowest BCUT2D eigenvalue weighted by molar-refractivity contribution is 0.120. The van der Waals surface area contributed by atoms with Crippen LogP contribution in [0.4, 0.5) is 0 Å². The summed E-state index contributed by atoms with van der Waals surface area (Å²) in [5.41, 5.74) is 7.53. The molecule has 0 saturated heterocycles. The van der Waals surface area contributed by atoms with Gasteiger partial charge in [-0.3, -0.25) is 0 Å². The van der Waals surface area contributed by atoms with E-state index in [9.17, 15) is 0 Å². The van der Waals surface area contributed by atoms with Crippen LogP contribution < -0.4 is 10.5 Å². The molecule has 2 saturated carbocycles. The average molecular weight is 294 g/mol. The van der Waals surface area contributed by atoms with Gasteiger partial charge < -0.3 is 10.5 Å². The Balaban J connectivity index is 1.80. The van der Waals surface area contributed by atoms with Gasteiger partial charge >= 0.3 is 0 Å². The van der Waals surface area contributed by atoms with E-state index in [-0.39, 0.29) is 5.41 Å². The molecule has 2 aliphatic rings. The summed E-state index contributed by atoms with van der Waals surface area (Å²) in [7, 11) is 0. The van der Waals surface area contributed by atoms with E-state index in [0.717, 1.165) is 23.6 Å². The average Bonchev–Trinajstić information content (AvgIpc) is 2.44. The highest BCUT2D eigenvalue weighted by Crippen LogP contribution is 2.41. The highest BCUT2D eigenvalue weighted by atomic mass is 35.5. The molecule has 0 aliphatic heterocycles. The van der Waals surface area contributed by atoms with Crippen LogP contribution in [0.15, 0.2) is 18.2 Å². The van der Waals surface area contributed by atoms with Crippen LogP contribution in [0.5, 0.6) is 5.75 Å². The number of hydrogen-bond donors (Lipinski definition) is 1. The first-order chi connectivity index (χ1) is 9.73. The number of halogens is 1. The zero-order chi connectivity index (χ0) is 14.0. The number of benzene rings is 1. The Hall–Kier alpha value is -0.730. The molecule has 0 amide bonds. The summed E-state index contributed by atoms with van der Waals surface area (Å²) in [6, 6.07) is 6.31. The van der Waals surface area contributed by atoms with Crippen LogP contribution in [0.1, 0.15) is 56.9 Å². The van der Waals surface area contributed by atoms with Crippen LogP contribution in [-0.2, 0) is 5.41 Å². The highest BCUT2D eigenvalue weighted by Gasteiger charge is 2.33. The smallest absolute Gasteiger partial charge is 0.138 e. The lowest BCUT2D eigenvalue weighted by Crippen LogP contribution is -2.37. The van der Waals surface area contributed by atoms with Crippen molar-refractivity contribution in [1.82, 2.24) is 0 Å². The molecular formula is C17H24ClNO. The van der Waals surface area contributed by atoms with Crippen molar-refractivity contribution in [3.63, 3.8) is 0 Å². The van der Waals surface area contributed by atoms with Crippen molar-refractivity contribution in [2.75, 3.05) is 6.54 Å². The molecule has 0 atom stereocenters. The molecule has 0 radical (unpaired) electrons. The molecule has 2 fully saturated rings. The third-order valence-corrected chi connectivity index (χ3v) is 5.39. The van der Waals surface area contributed by atoms with E-state index in [1.807, 2.05) is 6.07 Å². The van der Waals surface area contributed by atoms with Gasteiger partial charge in [-0.15, -0.1) is 0 Å². The quantitative estimate of drug-likeness (QED) is 0.891.